The van der Waals surface area contributed by atoms with E-state index in [2.05, 4.69) is 41.3 Å². The molecule has 1 fully saturated rings. The van der Waals surface area contributed by atoms with Crippen LogP contribution in [0.2, 0.25) is 0 Å². The van der Waals surface area contributed by atoms with Crippen molar-refractivity contribution in [3.05, 3.63) is 34.2 Å². The Balaban J connectivity index is 1.72. The summed E-state index contributed by atoms with van der Waals surface area (Å²) in [4.78, 5) is 4.15. The van der Waals surface area contributed by atoms with Gasteiger partial charge in [0.1, 0.15) is 5.82 Å². The van der Waals surface area contributed by atoms with Crippen LogP contribution in [0.25, 0.3) is 0 Å². The van der Waals surface area contributed by atoms with E-state index in [1.54, 1.807) is 13.8 Å². The van der Waals surface area contributed by atoms with Gasteiger partial charge >= 0.3 is 0 Å². The number of amidine groups is 1. The molecule has 12 nitrogen and oxygen atoms in total. The van der Waals surface area contributed by atoms with Gasteiger partial charge in [0, 0.05) is 25.7 Å². The quantitative estimate of drug-likeness (QED) is 0.189. The smallest absolute Gasteiger partial charge is 0.279 e. The summed E-state index contributed by atoms with van der Waals surface area (Å²) in [5.41, 5.74) is 0.826. The maximum absolute atomic E-state index is 13.4. The van der Waals surface area contributed by atoms with E-state index in [1.165, 1.54) is 22.5 Å². The van der Waals surface area contributed by atoms with Gasteiger partial charge < -0.3 is 10.4 Å². The monoisotopic (exact) mass is 535 g/mol. The molecular weight excluding hydrogens is 513 g/mol. The number of hydrogen-bond acceptors (Lipinski definition) is 9. The van der Waals surface area contributed by atoms with Gasteiger partial charge in [0.2, 0.25) is 5.82 Å². The van der Waals surface area contributed by atoms with Crippen LogP contribution in [0, 0.1) is 5.82 Å². The predicted octanol–water partition coefficient (Wildman–Crippen LogP) is 1.12. The Hall–Kier alpha value is -2.17. The first-order valence-corrected chi connectivity index (χ1v) is 11.8. The molecule has 0 amide bonds. The summed E-state index contributed by atoms with van der Waals surface area (Å²) in [7, 11) is -3.71. The van der Waals surface area contributed by atoms with Crippen molar-refractivity contribution in [2.45, 2.75) is 31.9 Å². The van der Waals surface area contributed by atoms with Crippen LogP contribution in [-0.2, 0) is 10.2 Å². The van der Waals surface area contributed by atoms with Gasteiger partial charge in [-0.2, -0.15) is 17.4 Å². The fraction of sp³-hybridized carbons (Fsp3) is 0.471. The minimum Gasteiger partial charge on any atom is -0.387 e. The third-order valence-corrected chi connectivity index (χ3v) is 6.94. The molecule has 1 unspecified atom stereocenters. The van der Waals surface area contributed by atoms with Crippen molar-refractivity contribution in [1.82, 2.24) is 24.8 Å². The number of benzene rings is 1. The Morgan fingerprint density at radius 3 is 2.84 bits per heavy atom. The number of hydroxylamine groups is 1. The van der Waals surface area contributed by atoms with Crippen molar-refractivity contribution in [2.75, 3.05) is 25.0 Å². The maximum atomic E-state index is 13.4. The van der Waals surface area contributed by atoms with Gasteiger partial charge in [0.25, 0.3) is 10.2 Å². The second-order valence-corrected chi connectivity index (χ2v) is 10.1. The third-order valence-electron chi connectivity index (χ3n) is 4.57. The van der Waals surface area contributed by atoms with E-state index in [0.29, 0.717) is 5.69 Å². The van der Waals surface area contributed by atoms with Gasteiger partial charge in [-0.3, -0.25) is 10.7 Å². The zero-order chi connectivity index (χ0) is 23.5. The third kappa shape index (κ3) is 5.79. The highest BCUT2D eigenvalue weighted by molar-refractivity contribution is 9.10. The van der Waals surface area contributed by atoms with Gasteiger partial charge in [-0.05, 0) is 64.7 Å². The van der Waals surface area contributed by atoms with Gasteiger partial charge in [-0.15, -0.1) is 0 Å². The van der Waals surface area contributed by atoms with Crippen LogP contribution in [0.15, 0.2) is 32.3 Å². The van der Waals surface area contributed by atoms with Crippen molar-refractivity contribution < 1.29 is 27.8 Å². The summed E-state index contributed by atoms with van der Waals surface area (Å²) in [5.74, 6) is -0.560. The van der Waals surface area contributed by atoms with Gasteiger partial charge in [-0.25, -0.2) is 14.0 Å². The molecule has 3 rings (SSSR count). The first kappa shape index (κ1) is 24.5. The van der Waals surface area contributed by atoms with Crippen LogP contribution in [0.5, 0.6) is 0 Å². The number of halogens is 2. The topological polar surface area (TPSA) is 165 Å². The molecule has 176 valence electrons. The lowest BCUT2D eigenvalue weighted by Crippen LogP contribution is -2.46. The molecule has 0 saturated carbocycles. The van der Waals surface area contributed by atoms with Crippen LogP contribution in [0.4, 0.5) is 15.9 Å². The predicted molar refractivity (Wildman–Crippen MR) is 116 cm³/mol. The maximum Gasteiger partial charge on any atom is 0.279 e. The van der Waals surface area contributed by atoms with Crippen LogP contribution in [-0.4, -0.2) is 70.5 Å². The average molecular weight is 536 g/mol. The highest BCUT2D eigenvalue weighted by Gasteiger charge is 2.41. The molecule has 0 spiro atoms. The average Bonchev–Trinajstić information content (AvgIpc) is 3.34. The number of aliphatic hydroxyl groups is 1. The molecule has 32 heavy (non-hydrogen) atoms. The summed E-state index contributed by atoms with van der Waals surface area (Å²) >= 11 is 3.06. The second kappa shape index (κ2) is 9.76. The van der Waals surface area contributed by atoms with Crippen molar-refractivity contribution in [2.24, 2.45) is 4.99 Å². The number of nitrogens with zero attached hydrogens (tertiary/aromatic N) is 4. The van der Waals surface area contributed by atoms with E-state index in [9.17, 15) is 23.1 Å². The van der Waals surface area contributed by atoms with E-state index in [1.807, 2.05) is 5.48 Å². The van der Waals surface area contributed by atoms with E-state index >= 15 is 0 Å². The highest BCUT2D eigenvalue weighted by atomic mass is 79.9. The van der Waals surface area contributed by atoms with E-state index in [-0.39, 0.29) is 53.9 Å². The molecule has 5 N–H and O–H groups in total. The molecule has 1 aromatic carbocycles. The molecule has 1 aliphatic rings. The summed E-state index contributed by atoms with van der Waals surface area (Å²) in [6, 6.07) is 3.71. The highest BCUT2D eigenvalue weighted by Crippen LogP contribution is 2.26. The van der Waals surface area contributed by atoms with Crippen molar-refractivity contribution in [1.29, 1.82) is 0 Å². The summed E-state index contributed by atoms with van der Waals surface area (Å²) in [5, 5.41) is 30.6. The van der Waals surface area contributed by atoms with E-state index in [4.69, 9.17) is 4.63 Å². The molecule has 0 bridgehead atoms. The van der Waals surface area contributed by atoms with Gasteiger partial charge in [0.15, 0.2) is 11.5 Å². The number of hydrogen-bond donors (Lipinski definition) is 5. The largest absolute Gasteiger partial charge is 0.387 e. The Morgan fingerprint density at radius 1 is 1.44 bits per heavy atom. The fourth-order valence-electron chi connectivity index (χ4n) is 3.06. The number of rotatable bonds is 8. The number of aromatic nitrogens is 2. The Bertz CT molecular complexity index is 1100. The summed E-state index contributed by atoms with van der Waals surface area (Å²) in [6.45, 7) is 3.38. The van der Waals surface area contributed by atoms with Crippen molar-refractivity contribution in [3.8, 4) is 0 Å². The Morgan fingerprint density at radius 2 is 2.19 bits per heavy atom. The molecule has 1 saturated heterocycles. The first-order valence-electron chi connectivity index (χ1n) is 9.53. The molecule has 1 aromatic heterocycles. The Kier molecular flexibility index (Phi) is 7.46. The standard InChI is InChI=1S/C17H23BrFN7O5S/c1-10(2)25-32(29,30)26-6-5-17(27,9-26)8-20-15-14(23-31-24-15)16(22-28)21-11-3-4-13(19)12(18)7-11/h3-4,7,10,25,27-28H,5-6,8-9H2,1-2H3,(H,20,24)(H,21,22). The van der Waals surface area contributed by atoms with Gasteiger partial charge in [0.05, 0.1) is 15.8 Å². The summed E-state index contributed by atoms with van der Waals surface area (Å²) in [6.07, 6.45) is 0.197. The van der Waals surface area contributed by atoms with E-state index < -0.39 is 21.6 Å². The molecule has 0 aliphatic carbocycles. The number of β-amino-alcohol motifs (C(OH)–C–C–N with tert-alkyl or cyclic N) is 1. The zero-order valence-corrected chi connectivity index (χ0v) is 19.6. The van der Waals surface area contributed by atoms with E-state index in [0.717, 1.165) is 0 Å². The molecule has 0 radical (unpaired) electrons. The molecule has 2 aromatic rings. The molecule has 2 heterocycles. The van der Waals surface area contributed by atoms with Crippen LogP contribution in [0.1, 0.15) is 26.0 Å². The number of aliphatic imine (C=N–C) groups is 1. The molecule has 1 atom stereocenters. The second-order valence-electron chi connectivity index (χ2n) is 7.57. The molecule has 1 aliphatic heterocycles. The van der Waals surface area contributed by atoms with Crippen LogP contribution < -0.4 is 15.5 Å². The lowest BCUT2D eigenvalue weighted by atomic mass is 10.0. The molecule has 15 heteroatoms. The number of anilines is 1. The first-order chi connectivity index (χ1) is 15.0. The van der Waals surface area contributed by atoms with Crippen molar-refractivity contribution in [3.63, 3.8) is 0 Å². The Labute approximate surface area is 192 Å². The lowest BCUT2D eigenvalue weighted by molar-refractivity contribution is 0.0693. The fourth-order valence-corrected chi connectivity index (χ4v) is 4.92. The lowest BCUT2D eigenvalue weighted by Gasteiger charge is -2.24. The minimum absolute atomic E-state index is 0.000460. The van der Waals surface area contributed by atoms with Crippen molar-refractivity contribution >= 4 is 43.5 Å². The zero-order valence-electron chi connectivity index (χ0n) is 17.2. The minimum atomic E-state index is -3.71. The number of nitrogens with one attached hydrogen (secondary N) is 3. The molecular formula is C17H23BrFN7O5S. The SMILES string of the molecule is CC(C)NS(=O)(=O)N1CCC(O)(CNc2nonc2C(=Nc2ccc(F)c(Br)c2)NO)C1. The van der Waals surface area contributed by atoms with Gasteiger partial charge in [-0.1, -0.05) is 0 Å². The summed E-state index contributed by atoms with van der Waals surface area (Å²) < 4.78 is 46.6. The normalized spacial score (nSPS) is 20.2. The van der Waals surface area contributed by atoms with Crippen LogP contribution >= 0.6 is 15.9 Å². The van der Waals surface area contributed by atoms with Crippen LogP contribution in [0.3, 0.4) is 0 Å².